The molecule has 0 aliphatic rings. The van der Waals surface area contributed by atoms with Crippen LogP contribution in [0.25, 0.3) is 5.57 Å². The molecule has 0 fully saturated rings. The summed E-state index contributed by atoms with van der Waals surface area (Å²) < 4.78 is 39.5. The molecule has 4 nitrogen and oxygen atoms in total. The number of benzene rings is 2. The van der Waals surface area contributed by atoms with Gasteiger partial charge in [-0.3, -0.25) is 0 Å². The number of aromatic hydroxyl groups is 1. The normalized spacial score (nSPS) is 12.7. The predicted octanol–water partition coefficient (Wildman–Crippen LogP) is 4.94. The lowest BCUT2D eigenvalue weighted by Crippen LogP contribution is -2.27. The third kappa shape index (κ3) is 5.10. The minimum atomic E-state index is -3.91. The van der Waals surface area contributed by atoms with Gasteiger partial charge in [0.15, 0.2) is 5.75 Å². The van der Waals surface area contributed by atoms with Gasteiger partial charge in [-0.25, -0.2) is 12.8 Å². The van der Waals surface area contributed by atoms with Gasteiger partial charge in [-0.2, -0.15) is 4.31 Å². The van der Waals surface area contributed by atoms with E-state index in [1.165, 1.54) is 31.3 Å². The highest BCUT2D eigenvalue weighted by molar-refractivity contribution is 7.89. The molecule has 0 radical (unpaired) electrons. The number of phenols is 1. The first-order valence-electron chi connectivity index (χ1n) is 8.37. The summed E-state index contributed by atoms with van der Waals surface area (Å²) in [6.45, 7) is 5.51. The van der Waals surface area contributed by atoms with Gasteiger partial charge in [-0.15, -0.1) is 0 Å². The second kappa shape index (κ2) is 9.19. The zero-order chi connectivity index (χ0) is 20.9. The van der Waals surface area contributed by atoms with Crippen LogP contribution >= 0.6 is 11.6 Å². The van der Waals surface area contributed by atoms with E-state index in [0.29, 0.717) is 5.56 Å². The molecule has 0 amide bonds. The Kier molecular flexibility index (Phi) is 7.18. The van der Waals surface area contributed by atoms with E-state index in [9.17, 15) is 17.9 Å². The van der Waals surface area contributed by atoms with E-state index in [1.807, 2.05) is 0 Å². The number of phenolic OH excluding ortho intramolecular Hbond substituents is 1. The topological polar surface area (TPSA) is 57.6 Å². The molecule has 0 atom stereocenters. The van der Waals surface area contributed by atoms with Crippen LogP contribution in [0.3, 0.4) is 0 Å². The number of hydrogen-bond donors (Lipinski definition) is 1. The first-order chi connectivity index (χ1) is 13.2. The summed E-state index contributed by atoms with van der Waals surface area (Å²) >= 11 is 5.89. The van der Waals surface area contributed by atoms with Crippen LogP contribution in [0.1, 0.15) is 11.1 Å². The van der Waals surface area contributed by atoms with Gasteiger partial charge in [0.05, 0.1) is 5.02 Å². The third-order valence-electron chi connectivity index (χ3n) is 4.03. The van der Waals surface area contributed by atoms with Crippen LogP contribution < -0.4 is 0 Å². The van der Waals surface area contributed by atoms with Crippen LogP contribution in [-0.4, -0.2) is 31.4 Å². The zero-order valence-corrected chi connectivity index (χ0v) is 17.1. The van der Waals surface area contributed by atoms with Crippen molar-refractivity contribution in [1.82, 2.24) is 4.31 Å². The number of hydrogen-bond acceptors (Lipinski definition) is 3. The molecule has 148 valence electrons. The predicted molar refractivity (Wildman–Crippen MR) is 111 cm³/mol. The molecule has 7 heteroatoms. The average Bonchev–Trinajstić information content (AvgIpc) is 2.65. The van der Waals surface area contributed by atoms with E-state index < -0.39 is 15.8 Å². The zero-order valence-electron chi connectivity index (χ0n) is 15.6. The number of allylic oxidation sites excluding steroid dienone is 4. The van der Waals surface area contributed by atoms with Crippen LogP contribution in [0, 0.1) is 12.7 Å². The van der Waals surface area contributed by atoms with Gasteiger partial charge >= 0.3 is 0 Å². The van der Waals surface area contributed by atoms with E-state index in [1.54, 1.807) is 43.4 Å². The second-order valence-corrected chi connectivity index (χ2v) is 8.56. The van der Waals surface area contributed by atoms with Crippen LogP contribution in [0.5, 0.6) is 5.75 Å². The lowest BCUT2D eigenvalue weighted by atomic mass is 10.1. The maximum atomic E-state index is 13.0. The van der Waals surface area contributed by atoms with Crippen molar-refractivity contribution in [2.24, 2.45) is 0 Å². The Morgan fingerprint density at radius 3 is 2.54 bits per heavy atom. The first kappa shape index (κ1) is 21.9. The molecule has 0 saturated heterocycles. The van der Waals surface area contributed by atoms with Crippen molar-refractivity contribution in [3.63, 3.8) is 0 Å². The number of sulfonamides is 1. The molecule has 0 aliphatic carbocycles. The van der Waals surface area contributed by atoms with Gasteiger partial charge in [0.25, 0.3) is 0 Å². The Hall–Kier alpha value is -2.41. The molecule has 0 bridgehead atoms. The monoisotopic (exact) mass is 421 g/mol. The maximum Gasteiger partial charge on any atom is 0.246 e. The third-order valence-corrected chi connectivity index (χ3v) is 6.16. The summed E-state index contributed by atoms with van der Waals surface area (Å²) in [6.07, 6.45) is 6.72. The van der Waals surface area contributed by atoms with E-state index in [-0.39, 0.29) is 22.3 Å². The standard InChI is InChI=1S/C21H21ClFNO3S/c1-4-16(17-8-10-18(23)11-9-17)7-5-6-12-24(3)28(26,27)20-14-15(2)13-19(22)21(20)25/h4-11,13-14,25H,1,12H2,2-3H3/b6-5+,16-7+. The Balaban J connectivity index is 2.17. The van der Waals surface area contributed by atoms with E-state index in [4.69, 9.17) is 11.6 Å². The van der Waals surface area contributed by atoms with Gasteiger partial charge in [0, 0.05) is 13.6 Å². The molecule has 0 saturated carbocycles. The molecular formula is C21H21ClFNO3S. The molecule has 2 aromatic carbocycles. The van der Waals surface area contributed by atoms with Crippen molar-refractivity contribution < 1.29 is 17.9 Å². The lowest BCUT2D eigenvalue weighted by Gasteiger charge is -2.17. The molecule has 0 heterocycles. The van der Waals surface area contributed by atoms with Crippen LogP contribution in [0.4, 0.5) is 4.39 Å². The molecule has 2 rings (SSSR count). The average molecular weight is 422 g/mol. The number of aryl methyl sites for hydroxylation is 1. The van der Waals surface area contributed by atoms with E-state index in [0.717, 1.165) is 15.4 Å². The fourth-order valence-corrected chi connectivity index (χ4v) is 4.11. The van der Waals surface area contributed by atoms with Crippen molar-refractivity contribution in [2.45, 2.75) is 11.8 Å². The number of nitrogens with zero attached hydrogens (tertiary/aromatic N) is 1. The van der Waals surface area contributed by atoms with Crippen molar-refractivity contribution in [3.8, 4) is 5.75 Å². The summed E-state index contributed by atoms with van der Waals surface area (Å²) in [5.74, 6) is -0.790. The molecule has 1 N–H and O–H groups in total. The summed E-state index contributed by atoms with van der Waals surface area (Å²) in [5.41, 5.74) is 2.19. The minimum absolute atomic E-state index is 0.0135. The van der Waals surface area contributed by atoms with Crippen molar-refractivity contribution >= 4 is 27.2 Å². The molecule has 0 aliphatic heterocycles. The quantitative estimate of drug-likeness (QED) is 0.644. The second-order valence-electron chi connectivity index (χ2n) is 6.14. The van der Waals surface area contributed by atoms with Crippen molar-refractivity contribution in [2.75, 3.05) is 13.6 Å². The van der Waals surface area contributed by atoms with Gasteiger partial charge in [-0.05, 0) is 47.9 Å². The summed E-state index contributed by atoms with van der Waals surface area (Å²) in [4.78, 5) is -0.234. The molecule has 28 heavy (non-hydrogen) atoms. The lowest BCUT2D eigenvalue weighted by molar-refractivity contribution is 0.449. The van der Waals surface area contributed by atoms with Crippen LogP contribution in [0.15, 0.2) is 72.2 Å². The Labute approximate surface area is 169 Å². The van der Waals surface area contributed by atoms with Crippen molar-refractivity contribution in [1.29, 1.82) is 0 Å². The smallest absolute Gasteiger partial charge is 0.246 e. The van der Waals surface area contributed by atoms with Crippen LogP contribution in [0.2, 0.25) is 5.02 Å². The minimum Gasteiger partial charge on any atom is -0.505 e. The highest BCUT2D eigenvalue weighted by Crippen LogP contribution is 2.33. The number of rotatable bonds is 7. The largest absolute Gasteiger partial charge is 0.505 e. The Morgan fingerprint density at radius 2 is 1.93 bits per heavy atom. The fourth-order valence-electron chi connectivity index (χ4n) is 2.47. The van der Waals surface area contributed by atoms with E-state index >= 15 is 0 Å². The highest BCUT2D eigenvalue weighted by atomic mass is 35.5. The van der Waals surface area contributed by atoms with Gasteiger partial charge in [-0.1, -0.05) is 54.6 Å². The van der Waals surface area contributed by atoms with Crippen LogP contribution in [-0.2, 0) is 10.0 Å². The Bertz CT molecular complexity index is 1030. The molecule has 2 aromatic rings. The van der Waals surface area contributed by atoms with E-state index in [2.05, 4.69) is 6.58 Å². The molecular weight excluding hydrogens is 401 g/mol. The number of halogens is 2. The SMILES string of the molecule is C=C/C(=C\C=C\CN(C)S(=O)(=O)c1cc(C)cc(Cl)c1O)c1ccc(F)cc1. The summed E-state index contributed by atoms with van der Waals surface area (Å²) in [7, 11) is -2.50. The number of likely N-dealkylation sites (N-methyl/N-ethyl adjacent to an activating group) is 1. The Morgan fingerprint density at radius 1 is 1.29 bits per heavy atom. The van der Waals surface area contributed by atoms with Gasteiger partial charge < -0.3 is 5.11 Å². The molecule has 0 spiro atoms. The fraction of sp³-hybridized carbons (Fsp3) is 0.143. The van der Waals surface area contributed by atoms with Gasteiger partial charge in [0.2, 0.25) is 10.0 Å². The first-order valence-corrected chi connectivity index (χ1v) is 10.2. The van der Waals surface area contributed by atoms with Gasteiger partial charge in [0.1, 0.15) is 10.7 Å². The molecule has 0 aromatic heterocycles. The summed E-state index contributed by atoms with van der Waals surface area (Å²) in [5, 5.41) is 10.0. The summed E-state index contributed by atoms with van der Waals surface area (Å²) in [6, 6.07) is 8.86. The highest BCUT2D eigenvalue weighted by Gasteiger charge is 2.25. The van der Waals surface area contributed by atoms with Crippen molar-refractivity contribution in [3.05, 3.63) is 89.2 Å². The maximum absolute atomic E-state index is 13.0. The molecule has 0 unspecified atom stereocenters.